The van der Waals surface area contributed by atoms with Crippen LogP contribution in [-0.4, -0.2) is 25.0 Å². The monoisotopic (exact) mass is 270 g/mol. The highest BCUT2D eigenvalue weighted by Crippen LogP contribution is 2.22. The van der Waals surface area contributed by atoms with Gasteiger partial charge in [0.15, 0.2) is 0 Å². The quantitative estimate of drug-likeness (QED) is 0.861. The number of benzene rings is 1. The van der Waals surface area contributed by atoms with Crippen molar-refractivity contribution in [2.75, 3.05) is 19.1 Å². The summed E-state index contributed by atoms with van der Waals surface area (Å²) in [6.45, 7) is 3.92. The van der Waals surface area contributed by atoms with E-state index in [1.54, 1.807) is 25.3 Å². The van der Waals surface area contributed by atoms with Crippen LogP contribution in [0.25, 0.3) is 0 Å². The average molecular weight is 270 g/mol. The summed E-state index contributed by atoms with van der Waals surface area (Å²) in [6.07, 6.45) is 1.65. The normalized spacial score (nSPS) is 10.2. The van der Waals surface area contributed by atoms with Crippen molar-refractivity contribution in [2.24, 2.45) is 0 Å². The molecular formula is C16H18N2O2. The molecule has 0 unspecified atom stereocenters. The number of ether oxygens (including phenoxy) is 1. The first-order chi connectivity index (χ1) is 9.52. The van der Waals surface area contributed by atoms with Gasteiger partial charge in [0.2, 0.25) is 5.88 Å². The molecule has 0 spiro atoms. The number of methoxy groups -OCH3 is 1. The Hall–Kier alpha value is -2.36. The van der Waals surface area contributed by atoms with Crippen LogP contribution in [0.3, 0.4) is 0 Å². The van der Waals surface area contributed by atoms with Gasteiger partial charge in [-0.2, -0.15) is 0 Å². The highest BCUT2D eigenvalue weighted by molar-refractivity contribution is 6.06. The van der Waals surface area contributed by atoms with Crippen molar-refractivity contribution < 1.29 is 9.53 Å². The van der Waals surface area contributed by atoms with Crippen LogP contribution in [0, 0.1) is 13.8 Å². The highest BCUT2D eigenvalue weighted by atomic mass is 16.5. The van der Waals surface area contributed by atoms with E-state index in [2.05, 4.69) is 4.98 Å². The van der Waals surface area contributed by atoms with E-state index in [0.29, 0.717) is 11.4 Å². The number of nitrogens with zero attached hydrogens (tertiary/aromatic N) is 2. The first-order valence-corrected chi connectivity index (χ1v) is 6.38. The summed E-state index contributed by atoms with van der Waals surface area (Å²) in [5.74, 6) is 0.488. The van der Waals surface area contributed by atoms with Crippen molar-refractivity contribution in [1.29, 1.82) is 0 Å². The lowest BCUT2D eigenvalue weighted by atomic mass is 10.1. The van der Waals surface area contributed by atoms with Crippen LogP contribution >= 0.6 is 0 Å². The molecular weight excluding hydrogens is 252 g/mol. The van der Waals surface area contributed by atoms with E-state index < -0.39 is 0 Å². The van der Waals surface area contributed by atoms with Gasteiger partial charge in [-0.05, 0) is 31.5 Å². The molecule has 1 aromatic carbocycles. The van der Waals surface area contributed by atoms with E-state index in [9.17, 15) is 4.79 Å². The Kier molecular flexibility index (Phi) is 4.03. The van der Waals surface area contributed by atoms with Crippen molar-refractivity contribution in [3.8, 4) is 5.88 Å². The maximum Gasteiger partial charge on any atom is 0.258 e. The molecule has 2 aromatic rings. The zero-order chi connectivity index (χ0) is 14.7. The van der Waals surface area contributed by atoms with Crippen LogP contribution in [0.5, 0.6) is 5.88 Å². The lowest BCUT2D eigenvalue weighted by Crippen LogP contribution is -2.27. The minimum absolute atomic E-state index is 0.0555. The lowest BCUT2D eigenvalue weighted by Gasteiger charge is -2.19. The zero-order valence-corrected chi connectivity index (χ0v) is 12.2. The van der Waals surface area contributed by atoms with Crippen molar-refractivity contribution in [1.82, 2.24) is 4.98 Å². The van der Waals surface area contributed by atoms with Crippen LogP contribution in [-0.2, 0) is 0 Å². The lowest BCUT2D eigenvalue weighted by molar-refractivity contribution is 0.0992. The van der Waals surface area contributed by atoms with Crippen LogP contribution in [0.15, 0.2) is 36.5 Å². The van der Waals surface area contributed by atoms with Gasteiger partial charge in [-0.1, -0.05) is 17.7 Å². The summed E-state index contributed by atoms with van der Waals surface area (Å²) in [5.41, 5.74) is 3.51. The molecule has 20 heavy (non-hydrogen) atoms. The molecule has 0 aliphatic carbocycles. The summed E-state index contributed by atoms with van der Waals surface area (Å²) in [4.78, 5) is 18.2. The molecule has 1 heterocycles. The summed E-state index contributed by atoms with van der Waals surface area (Å²) < 4.78 is 5.07. The highest BCUT2D eigenvalue weighted by Gasteiger charge is 2.15. The van der Waals surface area contributed by atoms with Crippen LogP contribution < -0.4 is 9.64 Å². The molecule has 0 saturated heterocycles. The predicted molar refractivity (Wildman–Crippen MR) is 79.4 cm³/mol. The third-order valence-electron chi connectivity index (χ3n) is 3.23. The van der Waals surface area contributed by atoms with Crippen molar-refractivity contribution in [2.45, 2.75) is 13.8 Å². The summed E-state index contributed by atoms with van der Waals surface area (Å²) in [5, 5.41) is 0. The summed E-state index contributed by atoms with van der Waals surface area (Å²) in [6, 6.07) is 9.34. The predicted octanol–water partition coefficient (Wildman–Crippen LogP) is 2.98. The molecule has 0 fully saturated rings. The minimum atomic E-state index is -0.0555. The van der Waals surface area contributed by atoms with Crippen molar-refractivity contribution >= 4 is 11.6 Å². The number of rotatable bonds is 3. The van der Waals surface area contributed by atoms with E-state index in [1.165, 1.54) is 0 Å². The number of anilines is 1. The molecule has 2 rings (SSSR count). The van der Waals surface area contributed by atoms with Crippen LogP contribution in [0.1, 0.15) is 21.5 Å². The van der Waals surface area contributed by atoms with Crippen LogP contribution in [0.2, 0.25) is 0 Å². The van der Waals surface area contributed by atoms with E-state index in [4.69, 9.17) is 4.74 Å². The van der Waals surface area contributed by atoms with Gasteiger partial charge in [-0.25, -0.2) is 4.98 Å². The standard InChI is InChI=1S/C16H18N2O2/c1-11-5-7-13(8-6-11)16(19)18(3)14-10-17-15(20-4)9-12(14)2/h5-10H,1-4H3. The molecule has 4 nitrogen and oxygen atoms in total. The Morgan fingerprint density at radius 2 is 1.85 bits per heavy atom. The van der Waals surface area contributed by atoms with Crippen LogP contribution in [0.4, 0.5) is 5.69 Å². The molecule has 0 N–H and O–H groups in total. The Bertz CT molecular complexity index is 621. The molecule has 0 radical (unpaired) electrons. The van der Waals surface area contributed by atoms with Gasteiger partial charge in [0.1, 0.15) is 0 Å². The number of carbonyl (C=O) groups excluding carboxylic acids is 1. The Labute approximate surface area is 119 Å². The molecule has 1 amide bonds. The number of aromatic nitrogens is 1. The van der Waals surface area contributed by atoms with Gasteiger partial charge in [0.05, 0.1) is 19.0 Å². The number of aryl methyl sites for hydroxylation is 2. The maximum atomic E-state index is 12.4. The third kappa shape index (κ3) is 2.79. The average Bonchev–Trinajstić information content (AvgIpc) is 2.46. The first-order valence-electron chi connectivity index (χ1n) is 6.38. The van der Waals surface area contributed by atoms with E-state index >= 15 is 0 Å². The SMILES string of the molecule is COc1cc(C)c(N(C)C(=O)c2ccc(C)cc2)cn1. The Morgan fingerprint density at radius 1 is 1.20 bits per heavy atom. The maximum absolute atomic E-state index is 12.4. The molecule has 0 saturated carbocycles. The fourth-order valence-electron chi connectivity index (χ4n) is 1.98. The second-order valence-electron chi connectivity index (χ2n) is 4.74. The first kappa shape index (κ1) is 14.1. The van der Waals surface area contributed by atoms with E-state index in [1.807, 2.05) is 44.2 Å². The Balaban J connectivity index is 2.28. The fourth-order valence-corrected chi connectivity index (χ4v) is 1.98. The molecule has 104 valence electrons. The fraction of sp³-hybridized carbons (Fsp3) is 0.250. The van der Waals surface area contributed by atoms with Gasteiger partial charge in [-0.15, -0.1) is 0 Å². The number of amides is 1. The van der Waals surface area contributed by atoms with Gasteiger partial charge in [-0.3, -0.25) is 4.79 Å². The largest absolute Gasteiger partial charge is 0.481 e. The number of pyridine rings is 1. The summed E-state index contributed by atoms with van der Waals surface area (Å²) >= 11 is 0. The second-order valence-corrected chi connectivity index (χ2v) is 4.74. The van der Waals surface area contributed by atoms with Crippen molar-refractivity contribution in [3.63, 3.8) is 0 Å². The minimum Gasteiger partial charge on any atom is -0.481 e. The molecule has 0 atom stereocenters. The third-order valence-corrected chi connectivity index (χ3v) is 3.23. The number of hydrogen-bond donors (Lipinski definition) is 0. The van der Waals surface area contributed by atoms with Gasteiger partial charge >= 0.3 is 0 Å². The molecule has 0 aliphatic heterocycles. The second kappa shape index (κ2) is 5.74. The van der Waals surface area contributed by atoms with Gasteiger partial charge in [0, 0.05) is 18.7 Å². The topological polar surface area (TPSA) is 42.4 Å². The molecule has 1 aromatic heterocycles. The molecule has 0 bridgehead atoms. The molecule has 4 heteroatoms. The zero-order valence-electron chi connectivity index (χ0n) is 12.2. The molecule has 0 aliphatic rings. The van der Waals surface area contributed by atoms with E-state index in [0.717, 1.165) is 16.8 Å². The smallest absolute Gasteiger partial charge is 0.258 e. The van der Waals surface area contributed by atoms with Gasteiger partial charge in [0.25, 0.3) is 5.91 Å². The number of hydrogen-bond acceptors (Lipinski definition) is 3. The summed E-state index contributed by atoms with van der Waals surface area (Å²) in [7, 11) is 3.32. The van der Waals surface area contributed by atoms with Gasteiger partial charge < -0.3 is 9.64 Å². The van der Waals surface area contributed by atoms with E-state index in [-0.39, 0.29) is 5.91 Å². The Morgan fingerprint density at radius 3 is 2.40 bits per heavy atom. The van der Waals surface area contributed by atoms with Crippen molar-refractivity contribution in [3.05, 3.63) is 53.2 Å². The number of carbonyl (C=O) groups is 1.